The molecule has 0 aliphatic rings. The first-order valence-electron chi connectivity index (χ1n) is 5.08. The number of carbonyl (C=O) groups excluding carboxylic acids is 1. The summed E-state index contributed by atoms with van der Waals surface area (Å²) >= 11 is 0. The number of hydrogen-bond donors (Lipinski definition) is 3. The molecule has 3 N–H and O–H groups in total. The SMILES string of the molecule is Cc1[nH]ncc1C(=O)Nc1cnccc1C(=O)O. The number of carboxylic acids is 1. The number of pyridine rings is 1. The smallest absolute Gasteiger partial charge is 0.337 e. The van der Waals surface area contributed by atoms with Gasteiger partial charge in [-0.05, 0) is 13.0 Å². The van der Waals surface area contributed by atoms with E-state index in [1.165, 1.54) is 24.7 Å². The molecule has 0 unspecified atom stereocenters. The Balaban J connectivity index is 2.28. The maximum atomic E-state index is 11.9. The molecule has 0 aliphatic carbocycles. The number of aryl methyl sites for hydroxylation is 1. The van der Waals surface area contributed by atoms with E-state index in [1.807, 2.05) is 0 Å². The Hall–Kier alpha value is -2.70. The summed E-state index contributed by atoms with van der Waals surface area (Å²) in [5, 5.41) is 17.8. The van der Waals surface area contributed by atoms with Gasteiger partial charge in [-0.1, -0.05) is 0 Å². The molecule has 92 valence electrons. The summed E-state index contributed by atoms with van der Waals surface area (Å²) in [4.78, 5) is 26.6. The van der Waals surface area contributed by atoms with Gasteiger partial charge in [0.25, 0.3) is 5.91 Å². The third-order valence-electron chi connectivity index (χ3n) is 2.37. The number of amides is 1. The number of rotatable bonds is 3. The minimum Gasteiger partial charge on any atom is -0.478 e. The van der Waals surface area contributed by atoms with Gasteiger partial charge in [-0.25, -0.2) is 4.79 Å². The quantitative estimate of drug-likeness (QED) is 0.750. The van der Waals surface area contributed by atoms with Crippen LogP contribution >= 0.6 is 0 Å². The molecule has 0 radical (unpaired) electrons. The van der Waals surface area contributed by atoms with Crippen LogP contribution in [0, 0.1) is 6.92 Å². The number of carbonyl (C=O) groups is 2. The molecule has 2 heterocycles. The van der Waals surface area contributed by atoms with E-state index >= 15 is 0 Å². The highest BCUT2D eigenvalue weighted by atomic mass is 16.4. The monoisotopic (exact) mass is 246 g/mol. The van der Waals surface area contributed by atoms with Crippen LogP contribution in [0.3, 0.4) is 0 Å². The number of aromatic nitrogens is 3. The zero-order chi connectivity index (χ0) is 13.1. The Labute approximate surface area is 102 Å². The van der Waals surface area contributed by atoms with Crippen molar-refractivity contribution >= 4 is 17.6 Å². The molecule has 7 heteroatoms. The van der Waals surface area contributed by atoms with Gasteiger partial charge in [-0.2, -0.15) is 5.10 Å². The Bertz CT molecular complexity index is 606. The van der Waals surface area contributed by atoms with Gasteiger partial charge in [-0.15, -0.1) is 0 Å². The van der Waals surface area contributed by atoms with E-state index in [4.69, 9.17) is 5.11 Å². The molecule has 0 bridgehead atoms. The number of anilines is 1. The first-order valence-corrected chi connectivity index (χ1v) is 5.08. The van der Waals surface area contributed by atoms with Gasteiger partial charge < -0.3 is 10.4 Å². The van der Waals surface area contributed by atoms with Crippen LogP contribution in [0.15, 0.2) is 24.7 Å². The van der Waals surface area contributed by atoms with Crippen molar-refractivity contribution < 1.29 is 14.7 Å². The van der Waals surface area contributed by atoms with Crippen molar-refractivity contribution in [1.82, 2.24) is 15.2 Å². The van der Waals surface area contributed by atoms with Crippen molar-refractivity contribution in [3.63, 3.8) is 0 Å². The molecule has 2 rings (SSSR count). The van der Waals surface area contributed by atoms with Crippen LogP contribution in [0.4, 0.5) is 5.69 Å². The van der Waals surface area contributed by atoms with E-state index in [0.29, 0.717) is 11.3 Å². The molecular formula is C11H10N4O3. The summed E-state index contributed by atoms with van der Waals surface area (Å²) < 4.78 is 0. The van der Waals surface area contributed by atoms with Gasteiger partial charge in [0, 0.05) is 11.9 Å². The van der Waals surface area contributed by atoms with Gasteiger partial charge in [0.05, 0.1) is 29.2 Å². The fourth-order valence-electron chi connectivity index (χ4n) is 1.45. The van der Waals surface area contributed by atoms with Crippen LogP contribution in [0.2, 0.25) is 0 Å². The minimum absolute atomic E-state index is 0.0144. The molecular weight excluding hydrogens is 236 g/mol. The highest BCUT2D eigenvalue weighted by Gasteiger charge is 2.15. The normalized spacial score (nSPS) is 10.1. The van der Waals surface area contributed by atoms with Crippen LogP contribution in [0.5, 0.6) is 0 Å². The van der Waals surface area contributed by atoms with Crippen molar-refractivity contribution in [3.05, 3.63) is 41.5 Å². The topological polar surface area (TPSA) is 108 Å². The Kier molecular flexibility index (Phi) is 3.05. The van der Waals surface area contributed by atoms with Crippen LogP contribution in [-0.2, 0) is 0 Å². The maximum absolute atomic E-state index is 11.9. The first kappa shape index (κ1) is 11.8. The van der Waals surface area contributed by atoms with Crippen molar-refractivity contribution in [2.45, 2.75) is 6.92 Å². The van der Waals surface area contributed by atoms with Crippen LogP contribution in [0.1, 0.15) is 26.4 Å². The van der Waals surface area contributed by atoms with Gasteiger partial charge >= 0.3 is 5.97 Å². The second-order valence-corrected chi connectivity index (χ2v) is 3.59. The van der Waals surface area contributed by atoms with E-state index in [2.05, 4.69) is 20.5 Å². The average molecular weight is 246 g/mol. The Morgan fingerprint density at radius 1 is 1.33 bits per heavy atom. The Morgan fingerprint density at radius 2 is 2.11 bits per heavy atom. The third kappa shape index (κ3) is 2.19. The number of hydrogen-bond acceptors (Lipinski definition) is 4. The molecule has 18 heavy (non-hydrogen) atoms. The molecule has 2 aromatic heterocycles. The van der Waals surface area contributed by atoms with Gasteiger partial charge in [0.2, 0.25) is 0 Å². The van der Waals surface area contributed by atoms with E-state index in [-0.39, 0.29) is 11.3 Å². The fourth-order valence-corrected chi connectivity index (χ4v) is 1.45. The predicted octanol–water partition coefficient (Wildman–Crippen LogP) is 1.06. The van der Waals surface area contributed by atoms with Crippen LogP contribution in [-0.4, -0.2) is 32.2 Å². The molecule has 0 atom stereocenters. The third-order valence-corrected chi connectivity index (χ3v) is 2.37. The van der Waals surface area contributed by atoms with Gasteiger partial charge in [-0.3, -0.25) is 14.9 Å². The zero-order valence-corrected chi connectivity index (χ0v) is 9.47. The molecule has 0 saturated heterocycles. The van der Waals surface area contributed by atoms with Crippen LogP contribution in [0.25, 0.3) is 0 Å². The standard InChI is InChI=1S/C11H10N4O3/c1-6-8(4-13-15-6)10(16)14-9-5-12-3-2-7(9)11(17)18/h2-5H,1H3,(H,13,15)(H,14,16)(H,17,18). The van der Waals surface area contributed by atoms with Crippen LogP contribution < -0.4 is 5.32 Å². The largest absolute Gasteiger partial charge is 0.478 e. The zero-order valence-electron chi connectivity index (χ0n) is 9.47. The summed E-state index contributed by atoms with van der Waals surface area (Å²) in [6.45, 7) is 1.70. The molecule has 0 fully saturated rings. The fraction of sp³-hybridized carbons (Fsp3) is 0.0909. The number of nitrogens with one attached hydrogen (secondary N) is 2. The van der Waals surface area contributed by atoms with E-state index in [0.717, 1.165) is 0 Å². The lowest BCUT2D eigenvalue weighted by Crippen LogP contribution is -2.15. The summed E-state index contributed by atoms with van der Waals surface area (Å²) in [6, 6.07) is 1.32. The lowest BCUT2D eigenvalue weighted by atomic mass is 10.2. The summed E-state index contributed by atoms with van der Waals surface area (Å²) in [6.07, 6.45) is 4.01. The molecule has 0 aromatic carbocycles. The first-order chi connectivity index (χ1) is 8.59. The number of aromatic carboxylic acids is 1. The average Bonchev–Trinajstić information content (AvgIpc) is 2.76. The lowest BCUT2D eigenvalue weighted by molar-refractivity contribution is 0.0698. The minimum atomic E-state index is -1.13. The molecule has 7 nitrogen and oxygen atoms in total. The number of carboxylic acid groups (broad SMARTS) is 1. The van der Waals surface area contributed by atoms with E-state index < -0.39 is 11.9 Å². The number of nitrogens with zero attached hydrogens (tertiary/aromatic N) is 2. The Morgan fingerprint density at radius 3 is 2.72 bits per heavy atom. The second kappa shape index (κ2) is 4.66. The number of H-pyrrole nitrogens is 1. The molecule has 0 aliphatic heterocycles. The van der Waals surface area contributed by atoms with Gasteiger partial charge in [0.1, 0.15) is 0 Å². The molecule has 2 aromatic rings. The van der Waals surface area contributed by atoms with Gasteiger partial charge in [0.15, 0.2) is 0 Å². The summed E-state index contributed by atoms with van der Waals surface area (Å²) in [5.74, 6) is -1.56. The lowest BCUT2D eigenvalue weighted by Gasteiger charge is -2.06. The maximum Gasteiger partial charge on any atom is 0.337 e. The predicted molar refractivity (Wildman–Crippen MR) is 62.5 cm³/mol. The molecule has 0 saturated carbocycles. The number of aromatic amines is 1. The van der Waals surface area contributed by atoms with Crippen molar-refractivity contribution in [2.24, 2.45) is 0 Å². The summed E-state index contributed by atoms with van der Waals surface area (Å²) in [7, 11) is 0. The second-order valence-electron chi connectivity index (χ2n) is 3.59. The van der Waals surface area contributed by atoms with E-state index in [9.17, 15) is 9.59 Å². The van der Waals surface area contributed by atoms with Crippen molar-refractivity contribution in [2.75, 3.05) is 5.32 Å². The molecule has 0 spiro atoms. The van der Waals surface area contributed by atoms with Crippen molar-refractivity contribution in [3.8, 4) is 0 Å². The van der Waals surface area contributed by atoms with Crippen molar-refractivity contribution in [1.29, 1.82) is 0 Å². The molecule has 1 amide bonds. The van der Waals surface area contributed by atoms with E-state index in [1.54, 1.807) is 6.92 Å². The highest BCUT2D eigenvalue weighted by Crippen LogP contribution is 2.15. The highest BCUT2D eigenvalue weighted by molar-refractivity contribution is 6.07. The summed E-state index contributed by atoms with van der Waals surface area (Å²) in [5.41, 5.74) is 1.10.